The Hall–Kier alpha value is -1.88. The van der Waals surface area contributed by atoms with Crippen molar-refractivity contribution in [1.82, 2.24) is 0 Å². The molecule has 1 aliphatic heterocycles. The van der Waals surface area contributed by atoms with Gasteiger partial charge in [-0.3, -0.25) is 9.59 Å². The van der Waals surface area contributed by atoms with Crippen LogP contribution in [-0.4, -0.2) is 25.0 Å². The summed E-state index contributed by atoms with van der Waals surface area (Å²) in [6, 6.07) is 5.73. The topological polar surface area (TPSA) is 67.4 Å². The Morgan fingerprint density at radius 1 is 0.958 bits per heavy atom. The fourth-order valence-corrected chi connectivity index (χ4v) is 3.45. The number of carbonyl (C=O) groups is 2. The van der Waals surface area contributed by atoms with E-state index in [1.165, 1.54) is 6.42 Å². The van der Waals surface area contributed by atoms with E-state index in [1.807, 2.05) is 25.1 Å². The van der Waals surface area contributed by atoms with E-state index in [4.69, 9.17) is 4.74 Å². The fourth-order valence-electron chi connectivity index (χ4n) is 3.45. The lowest BCUT2D eigenvalue weighted by molar-refractivity contribution is -0.121. The molecule has 130 valence electrons. The lowest BCUT2D eigenvalue weighted by atomic mass is 9.88. The molecule has 2 fully saturated rings. The van der Waals surface area contributed by atoms with E-state index >= 15 is 0 Å². The zero-order valence-electron chi connectivity index (χ0n) is 14.3. The van der Waals surface area contributed by atoms with Crippen LogP contribution in [0.2, 0.25) is 0 Å². The van der Waals surface area contributed by atoms with Crippen molar-refractivity contribution in [1.29, 1.82) is 0 Å². The number of amides is 2. The van der Waals surface area contributed by atoms with E-state index in [2.05, 4.69) is 10.6 Å². The van der Waals surface area contributed by atoms with Crippen LogP contribution in [-0.2, 0) is 14.3 Å². The summed E-state index contributed by atoms with van der Waals surface area (Å²) in [6.07, 6.45) is 6.13. The van der Waals surface area contributed by atoms with Gasteiger partial charge in [0.2, 0.25) is 11.8 Å². The summed E-state index contributed by atoms with van der Waals surface area (Å²) < 4.78 is 5.28. The van der Waals surface area contributed by atoms with Crippen molar-refractivity contribution in [3.8, 4) is 0 Å². The Kier molecular flexibility index (Phi) is 5.51. The van der Waals surface area contributed by atoms with Gasteiger partial charge in [-0.2, -0.15) is 0 Å². The molecule has 1 heterocycles. The SMILES string of the molecule is Cc1ccc(NC(=O)C2CCCCC2)c(NC(=O)[C@H]2CCOC2)c1. The lowest BCUT2D eigenvalue weighted by Gasteiger charge is -2.22. The predicted octanol–water partition coefficient (Wildman–Crippen LogP) is 3.49. The number of ether oxygens (including phenoxy) is 1. The van der Waals surface area contributed by atoms with Gasteiger partial charge >= 0.3 is 0 Å². The summed E-state index contributed by atoms with van der Waals surface area (Å²) in [6.45, 7) is 3.08. The predicted molar refractivity (Wildman–Crippen MR) is 93.9 cm³/mol. The third-order valence-electron chi connectivity index (χ3n) is 4.97. The minimum absolute atomic E-state index is 0.0359. The molecule has 1 aliphatic carbocycles. The van der Waals surface area contributed by atoms with Gasteiger partial charge in [0.25, 0.3) is 0 Å². The maximum atomic E-state index is 12.5. The monoisotopic (exact) mass is 330 g/mol. The summed E-state index contributed by atoms with van der Waals surface area (Å²) >= 11 is 0. The molecule has 1 saturated heterocycles. The molecule has 5 heteroatoms. The first kappa shape index (κ1) is 17.0. The fraction of sp³-hybridized carbons (Fsp3) is 0.579. The maximum absolute atomic E-state index is 12.5. The molecule has 1 aromatic rings. The van der Waals surface area contributed by atoms with Gasteiger partial charge in [0.1, 0.15) is 0 Å². The van der Waals surface area contributed by atoms with Crippen molar-refractivity contribution in [2.45, 2.75) is 45.4 Å². The van der Waals surface area contributed by atoms with Crippen LogP contribution < -0.4 is 10.6 Å². The first-order chi connectivity index (χ1) is 11.6. The van der Waals surface area contributed by atoms with Gasteiger partial charge in [0, 0.05) is 12.5 Å². The van der Waals surface area contributed by atoms with Crippen molar-refractivity contribution in [3.05, 3.63) is 23.8 Å². The van der Waals surface area contributed by atoms with Gasteiger partial charge in [0.05, 0.1) is 23.9 Å². The molecule has 24 heavy (non-hydrogen) atoms. The summed E-state index contributed by atoms with van der Waals surface area (Å²) in [7, 11) is 0. The van der Waals surface area contributed by atoms with Crippen molar-refractivity contribution >= 4 is 23.2 Å². The van der Waals surface area contributed by atoms with Crippen LogP contribution in [0.15, 0.2) is 18.2 Å². The van der Waals surface area contributed by atoms with Crippen LogP contribution in [0.3, 0.4) is 0 Å². The van der Waals surface area contributed by atoms with Gasteiger partial charge in [-0.05, 0) is 43.9 Å². The van der Waals surface area contributed by atoms with Crippen molar-refractivity contribution in [2.24, 2.45) is 11.8 Å². The highest BCUT2D eigenvalue weighted by Gasteiger charge is 2.25. The van der Waals surface area contributed by atoms with Crippen molar-refractivity contribution < 1.29 is 14.3 Å². The van der Waals surface area contributed by atoms with Crippen LogP contribution in [0.5, 0.6) is 0 Å². The van der Waals surface area contributed by atoms with Crippen molar-refractivity contribution in [3.63, 3.8) is 0 Å². The number of anilines is 2. The highest BCUT2D eigenvalue weighted by atomic mass is 16.5. The Morgan fingerprint density at radius 2 is 1.67 bits per heavy atom. The number of nitrogens with one attached hydrogen (secondary N) is 2. The molecular weight excluding hydrogens is 304 g/mol. The Labute approximate surface area is 143 Å². The lowest BCUT2D eigenvalue weighted by Crippen LogP contribution is -2.27. The zero-order chi connectivity index (χ0) is 16.9. The summed E-state index contributed by atoms with van der Waals surface area (Å²) in [4.78, 5) is 24.9. The van der Waals surface area contributed by atoms with Gasteiger partial charge in [-0.15, -0.1) is 0 Å². The minimum atomic E-state index is -0.104. The Morgan fingerprint density at radius 3 is 2.38 bits per heavy atom. The molecule has 0 spiro atoms. The highest BCUT2D eigenvalue weighted by molar-refractivity contribution is 6.01. The van der Waals surface area contributed by atoms with E-state index in [0.29, 0.717) is 24.6 Å². The summed E-state index contributed by atoms with van der Waals surface area (Å²) in [5, 5.41) is 5.99. The van der Waals surface area contributed by atoms with Crippen LogP contribution in [0.1, 0.15) is 44.1 Å². The second kappa shape index (κ2) is 7.79. The van der Waals surface area contributed by atoms with Gasteiger partial charge in [0.15, 0.2) is 0 Å². The average molecular weight is 330 g/mol. The average Bonchev–Trinajstić information content (AvgIpc) is 3.13. The van der Waals surface area contributed by atoms with E-state index < -0.39 is 0 Å². The zero-order valence-corrected chi connectivity index (χ0v) is 14.3. The van der Waals surface area contributed by atoms with Crippen LogP contribution >= 0.6 is 0 Å². The van der Waals surface area contributed by atoms with E-state index in [0.717, 1.165) is 37.7 Å². The number of carbonyl (C=O) groups excluding carboxylic acids is 2. The molecule has 0 bridgehead atoms. The van der Waals surface area contributed by atoms with Crippen LogP contribution in [0.25, 0.3) is 0 Å². The smallest absolute Gasteiger partial charge is 0.229 e. The third kappa shape index (κ3) is 4.15. The largest absolute Gasteiger partial charge is 0.381 e. The number of benzene rings is 1. The first-order valence-corrected chi connectivity index (χ1v) is 8.93. The van der Waals surface area contributed by atoms with Gasteiger partial charge in [-0.25, -0.2) is 0 Å². The van der Waals surface area contributed by atoms with Gasteiger partial charge < -0.3 is 15.4 Å². The molecule has 2 amide bonds. The first-order valence-electron chi connectivity index (χ1n) is 8.93. The number of rotatable bonds is 4. The second-order valence-corrected chi connectivity index (χ2v) is 6.92. The van der Waals surface area contributed by atoms with E-state index in [9.17, 15) is 9.59 Å². The number of hydrogen-bond donors (Lipinski definition) is 2. The molecule has 0 unspecified atom stereocenters. The van der Waals surface area contributed by atoms with Crippen LogP contribution in [0.4, 0.5) is 11.4 Å². The molecule has 2 N–H and O–H groups in total. The van der Waals surface area contributed by atoms with Crippen molar-refractivity contribution in [2.75, 3.05) is 23.8 Å². The quantitative estimate of drug-likeness (QED) is 0.888. The maximum Gasteiger partial charge on any atom is 0.229 e. The highest BCUT2D eigenvalue weighted by Crippen LogP contribution is 2.28. The second-order valence-electron chi connectivity index (χ2n) is 6.92. The standard InChI is InChI=1S/C19H26N2O3/c1-13-7-8-16(20-18(22)14-5-3-2-4-6-14)17(11-13)21-19(23)15-9-10-24-12-15/h7-8,11,14-15H,2-6,9-10,12H2,1H3,(H,20,22)(H,21,23)/t15-/m0/s1. The molecular formula is C19H26N2O3. The molecule has 3 rings (SSSR count). The molecule has 1 atom stereocenters. The molecule has 1 saturated carbocycles. The molecule has 5 nitrogen and oxygen atoms in total. The molecule has 0 radical (unpaired) electrons. The number of aryl methyl sites for hydroxylation is 1. The third-order valence-corrected chi connectivity index (χ3v) is 4.97. The number of hydrogen-bond acceptors (Lipinski definition) is 3. The summed E-state index contributed by atoms with van der Waals surface area (Å²) in [5.74, 6) is 0.0174. The van der Waals surface area contributed by atoms with Crippen LogP contribution in [0, 0.1) is 18.8 Å². The summed E-state index contributed by atoms with van der Waals surface area (Å²) in [5.41, 5.74) is 2.41. The Balaban J connectivity index is 1.70. The molecule has 1 aromatic carbocycles. The van der Waals surface area contributed by atoms with E-state index in [-0.39, 0.29) is 23.7 Å². The molecule has 2 aliphatic rings. The normalized spacial score (nSPS) is 21.5. The van der Waals surface area contributed by atoms with Gasteiger partial charge in [-0.1, -0.05) is 25.3 Å². The van der Waals surface area contributed by atoms with E-state index in [1.54, 1.807) is 0 Å². The minimum Gasteiger partial charge on any atom is -0.381 e. The molecule has 0 aromatic heterocycles. The Bertz CT molecular complexity index is 603.